The summed E-state index contributed by atoms with van der Waals surface area (Å²) < 4.78 is 4.92. The molecule has 0 spiro atoms. The van der Waals surface area contributed by atoms with Crippen LogP contribution >= 0.6 is 21.6 Å². The molecule has 0 radical (unpaired) electrons. The number of esters is 1. The normalized spacial score (nSPS) is 11.3. The van der Waals surface area contributed by atoms with Gasteiger partial charge in [0.15, 0.2) is 0 Å². The fraction of sp³-hybridized carbons (Fsp3) is 0.812. The summed E-state index contributed by atoms with van der Waals surface area (Å²) in [5, 5.41) is 0. The second-order valence-corrected chi connectivity index (χ2v) is 8.80. The second-order valence-electron chi connectivity index (χ2n) is 6.09. The molecule has 0 aromatic carbocycles. The Balaban J connectivity index is 3.10. The number of hydrogen-bond donors (Lipinski definition) is 0. The van der Waals surface area contributed by atoms with Gasteiger partial charge in [0.2, 0.25) is 0 Å². The standard InChI is InChI=1S/C16H30O2S2/c1-5-15(17)18-12-8-6-7-9-13-19-20-14-10-11-16(2,3)4/h5H,1,6-14H2,2-4H3. The summed E-state index contributed by atoms with van der Waals surface area (Å²) in [7, 11) is 4.00. The van der Waals surface area contributed by atoms with Gasteiger partial charge in [0.25, 0.3) is 0 Å². The van der Waals surface area contributed by atoms with Crippen LogP contribution < -0.4 is 0 Å². The van der Waals surface area contributed by atoms with Crippen LogP contribution in [0.25, 0.3) is 0 Å². The van der Waals surface area contributed by atoms with Crippen LogP contribution in [0.5, 0.6) is 0 Å². The zero-order chi connectivity index (χ0) is 15.3. The van der Waals surface area contributed by atoms with Crippen LogP contribution in [-0.4, -0.2) is 24.1 Å². The van der Waals surface area contributed by atoms with Crippen molar-refractivity contribution in [3.05, 3.63) is 12.7 Å². The van der Waals surface area contributed by atoms with Crippen molar-refractivity contribution in [1.29, 1.82) is 0 Å². The molecule has 0 N–H and O–H groups in total. The van der Waals surface area contributed by atoms with Crippen LogP contribution in [0.4, 0.5) is 0 Å². The zero-order valence-electron chi connectivity index (χ0n) is 13.3. The molecule has 0 rings (SSSR count). The highest BCUT2D eigenvalue weighted by atomic mass is 33.1. The second kappa shape index (κ2) is 12.6. The van der Waals surface area contributed by atoms with Gasteiger partial charge in [-0.05, 0) is 31.1 Å². The summed E-state index contributed by atoms with van der Waals surface area (Å²) in [4.78, 5) is 10.8. The van der Waals surface area contributed by atoms with Crippen LogP contribution in [0.15, 0.2) is 12.7 Å². The highest BCUT2D eigenvalue weighted by molar-refractivity contribution is 8.76. The van der Waals surface area contributed by atoms with Gasteiger partial charge in [-0.2, -0.15) is 0 Å². The maximum absolute atomic E-state index is 10.8. The van der Waals surface area contributed by atoms with E-state index in [1.54, 1.807) is 0 Å². The first-order valence-electron chi connectivity index (χ1n) is 7.49. The first-order chi connectivity index (χ1) is 9.45. The predicted octanol–water partition coefficient (Wildman–Crippen LogP) is 5.48. The van der Waals surface area contributed by atoms with E-state index in [2.05, 4.69) is 27.4 Å². The van der Waals surface area contributed by atoms with E-state index in [-0.39, 0.29) is 5.97 Å². The predicted molar refractivity (Wildman–Crippen MR) is 93.2 cm³/mol. The lowest BCUT2D eigenvalue weighted by Crippen LogP contribution is -2.04. The minimum absolute atomic E-state index is 0.313. The van der Waals surface area contributed by atoms with Gasteiger partial charge >= 0.3 is 5.97 Å². The topological polar surface area (TPSA) is 26.3 Å². The molecular weight excluding hydrogens is 288 g/mol. The van der Waals surface area contributed by atoms with Gasteiger partial charge in [-0.25, -0.2) is 4.79 Å². The van der Waals surface area contributed by atoms with Crippen molar-refractivity contribution < 1.29 is 9.53 Å². The van der Waals surface area contributed by atoms with Gasteiger partial charge in [-0.3, -0.25) is 0 Å². The van der Waals surface area contributed by atoms with Crippen molar-refractivity contribution in [1.82, 2.24) is 0 Å². The number of ether oxygens (including phenoxy) is 1. The minimum atomic E-state index is -0.313. The summed E-state index contributed by atoms with van der Waals surface area (Å²) in [5.74, 6) is 2.18. The summed E-state index contributed by atoms with van der Waals surface area (Å²) >= 11 is 0. The summed E-state index contributed by atoms with van der Waals surface area (Å²) in [5.41, 5.74) is 0.472. The minimum Gasteiger partial charge on any atom is -0.463 e. The molecule has 0 atom stereocenters. The Kier molecular flexibility index (Phi) is 12.6. The van der Waals surface area contributed by atoms with Gasteiger partial charge < -0.3 is 4.74 Å². The molecule has 0 amide bonds. The van der Waals surface area contributed by atoms with E-state index < -0.39 is 0 Å². The molecule has 0 aromatic heterocycles. The van der Waals surface area contributed by atoms with Crippen molar-refractivity contribution in [2.75, 3.05) is 18.1 Å². The van der Waals surface area contributed by atoms with Crippen molar-refractivity contribution in [3.8, 4) is 0 Å². The Labute approximate surface area is 132 Å². The molecule has 0 aromatic rings. The Hall–Kier alpha value is -0.0900. The highest BCUT2D eigenvalue weighted by Crippen LogP contribution is 2.27. The highest BCUT2D eigenvalue weighted by Gasteiger charge is 2.08. The van der Waals surface area contributed by atoms with E-state index in [1.807, 2.05) is 21.6 Å². The average Bonchev–Trinajstić information content (AvgIpc) is 2.38. The Bertz CT molecular complexity index is 260. The molecule has 4 heteroatoms. The molecule has 0 heterocycles. The number of carbonyl (C=O) groups is 1. The third-order valence-corrected chi connectivity index (χ3v) is 5.35. The number of rotatable bonds is 12. The van der Waals surface area contributed by atoms with E-state index >= 15 is 0 Å². The number of carbonyl (C=O) groups excluding carboxylic acids is 1. The lowest BCUT2D eigenvalue weighted by atomic mass is 9.91. The third kappa shape index (κ3) is 16.0. The van der Waals surface area contributed by atoms with Crippen LogP contribution in [0.3, 0.4) is 0 Å². The smallest absolute Gasteiger partial charge is 0.330 e. The lowest BCUT2D eigenvalue weighted by Gasteiger charge is -2.17. The molecule has 0 unspecified atom stereocenters. The molecule has 2 nitrogen and oxygen atoms in total. The van der Waals surface area contributed by atoms with Gasteiger partial charge in [-0.1, -0.05) is 61.8 Å². The molecule has 0 aliphatic rings. The summed E-state index contributed by atoms with van der Waals surface area (Å²) in [6.07, 6.45) is 8.42. The molecule has 0 saturated carbocycles. The van der Waals surface area contributed by atoms with E-state index in [1.165, 1.54) is 43.3 Å². The SMILES string of the molecule is C=CC(=O)OCCCCCCSSCCCC(C)(C)C. The third-order valence-electron chi connectivity index (χ3n) is 2.77. The van der Waals surface area contributed by atoms with Crippen LogP contribution in [0, 0.1) is 5.41 Å². The van der Waals surface area contributed by atoms with Crippen molar-refractivity contribution >= 4 is 27.6 Å². The van der Waals surface area contributed by atoms with E-state index in [0.717, 1.165) is 12.8 Å². The van der Waals surface area contributed by atoms with Crippen molar-refractivity contribution in [2.24, 2.45) is 5.41 Å². The summed E-state index contributed by atoms with van der Waals surface area (Å²) in [6.45, 7) is 10.8. The molecule has 20 heavy (non-hydrogen) atoms. The van der Waals surface area contributed by atoms with Crippen molar-refractivity contribution in [3.63, 3.8) is 0 Å². The van der Waals surface area contributed by atoms with Crippen LogP contribution in [-0.2, 0) is 9.53 Å². The van der Waals surface area contributed by atoms with Gasteiger partial charge in [0.1, 0.15) is 0 Å². The Morgan fingerprint density at radius 3 is 2.25 bits per heavy atom. The lowest BCUT2D eigenvalue weighted by molar-refractivity contribution is -0.137. The first kappa shape index (κ1) is 19.9. The van der Waals surface area contributed by atoms with E-state index in [9.17, 15) is 4.79 Å². The average molecular weight is 319 g/mol. The monoisotopic (exact) mass is 318 g/mol. The van der Waals surface area contributed by atoms with Crippen LogP contribution in [0.1, 0.15) is 59.3 Å². The largest absolute Gasteiger partial charge is 0.463 e. The van der Waals surface area contributed by atoms with Gasteiger partial charge in [0.05, 0.1) is 6.61 Å². The van der Waals surface area contributed by atoms with Gasteiger partial charge in [0, 0.05) is 17.6 Å². The first-order valence-corrected chi connectivity index (χ1v) is 9.98. The zero-order valence-corrected chi connectivity index (χ0v) is 14.9. The molecule has 0 bridgehead atoms. The number of unbranched alkanes of at least 4 members (excludes halogenated alkanes) is 3. The number of hydrogen-bond acceptors (Lipinski definition) is 4. The van der Waals surface area contributed by atoms with Crippen molar-refractivity contribution in [2.45, 2.75) is 59.3 Å². The maximum atomic E-state index is 10.8. The molecule has 0 fully saturated rings. The molecule has 0 aliphatic carbocycles. The fourth-order valence-electron chi connectivity index (χ4n) is 1.63. The summed E-state index contributed by atoms with van der Waals surface area (Å²) in [6, 6.07) is 0. The molecule has 0 aliphatic heterocycles. The Morgan fingerprint density at radius 1 is 1.05 bits per heavy atom. The fourth-order valence-corrected chi connectivity index (χ4v) is 3.86. The molecular formula is C16H30O2S2. The molecule has 0 saturated heterocycles. The van der Waals surface area contributed by atoms with Crippen LogP contribution in [0.2, 0.25) is 0 Å². The van der Waals surface area contributed by atoms with Gasteiger partial charge in [-0.15, -0.1) is 0 Å². The van der Waals surface area contributed by atoms with E-state index in [0.29, 0.717) is 12.0 Å². The molecule has 118 valence electrons. The maximum Gasteiger partial charge on any atom is 0.330 e. The Morgan fingerprint density at radius 2 is 1.65 bits per heavy atom. The quantitative estimate of drug-likeness (QED) is 0.206. The van der Waals surface area contributed by atoms with E-state index in [4.69, 9.17) is 4.74 Å².